The van der Waals surface area contributed by atoms with Gasteiger partial charge in [-0.15, -0.1) is 0 Å². The van der Waals surface area contributed by atoms with E-state index in [0.717, 1.165) is 12.1 Å². The lowest BCUT2D eigenvalue weighted by Crippen LogP contribution is -2.37. The third-order valence-electron chi connectivity index (χ3n) is 3.16. The van der Waals surface area contributed by atoms with Crippen LogP contribution in [-0.2, 0) is 0 Å². The van der Waals surface area contributed by atoms with Crippen molar-refractivity contribution >= 4 is 11.4 Å². The standard InChI is InChI=1S/C12H16F2N2O/c1-16(6-7-2-9(17)3-7)12-10(13)4-8(15)5-11(12)14/h4-5,7,9,17H,2-3,6,15H2,1H3. The molecule has 17 heavy (non-hydrogen) atoms. The zero-order valence-electron chi connectivity index (χ0n) is 9.66. The second-order valence-electron chi connectivity index (χ2n) is 4.70. The predicted molar refractivity (Wildman–Crippen MR) is 62.8 cm³/mol. The molecule has 0 unspecified atom stereocenters. The third kappa shape index (κ3) is 2.49. The number of nitrogens with two attached hydrogens (primary N) is 1. The molecular formula is C12H16F2N2O. The first-order chi connectivity index (χ1) is 7.97. The Balaban J connectivity index is 2.10. The van der Waals surface area contributed by atoms with Gasteiger partial charge in [-0.1, -0.05) is 0 Å². The maximum atomic E-state index is 13.6. The fourth-order valence-corrected chi connectivity index (χ4v) is 2.28. The highest BCUT2D eigenvalue weighted by molar-refractivity contribution is 5.55. The van der Waals surface area contributed by atoms with Gasteiger partial charge in [0, 0.05) is 19.3 Å². The molecule has 1 aromatic rings. The summed E-state index contributed by atoms with van der Waals surface area (Å²) in [5.74, 6) is -0.999. The Bertz CT molecular complexity index is 396. The number of aliphatic hydroxyl groups excluding tert-OH is 1. The Morgan fingerprint density at radius 3 is 2.35 bits per heavy atom. The summed E-state index contributed by atoms with van der Waals surface area (Å²) in [4.78, 5) is 1.54. The lowest BCUT2D eigenvalue weighted by molar-refractivity contribution is 0.0464. The molecule has 5 heteroatoms. The van der Waals surface area contributed by atoms with Gasteiger partial charge in [0.15, 0.2) is 11.6 Å². The fraction of sp³-hybridized carbons (Fsp3) is 0.500. The van der Waals surface area contributed by atoms with Crippen LogP contribution in [0.25, 0.3) is 0 Å². The molecule has 1 aromatic carbocycles. The van der Waals surface area contributed by atoms with E-state index < -0.39 is 11.6 Å². The van der Waals surface area contributed by atoms with E-state index in [-0.39, 0.29) is 17.5 Å². The zero-order chi connectivity index (χ0) is 12.6. The average molecular weight is 242 g/mol. The second-order valence-corrected chi connectivity index (χ2v) is 4.70. The predicted octanol–water partition coefficient (Wildman–Crippen LogP) is 1.75. The molecule has 3 nitrogen and oxygen atoms in total. The Morgan fingerprint density at radius 2 is 1.88 bits per heavy atom. The summed E-state index contributed by atoms with van der Waals surface area (Å²) in [6, 6.07) is 2.23. The van der Waals surface area contributed by atoms with Crippen LogP contribution in [0.5, 0.6) is 0 Å². The van der Waals surface area contributed by atoms with Crippen LogP contribution < -0.4 is 10.6 Å². The van der Waals surface area contributed by atoms with E-state index in [1.807, 2.05) is 0 Å². The molecule has 1 aliphatic rings. The number of benzene rings is 1. The SMILES string of the molecule is CN(CC1CC(O)C1)c1c(F)cc(N)cc1F. The maximum Gasteiger partial charge on any atom is 0.151 e. The second kappa shape index (κ2) is 4.49. The third-order valence-corrected chi connectivity index (χ3v) is 3.16. The Hall–Kier alpha value is -1.36. The number of nitrogen functional groups attached to an aromatic ring is 1. The Labute approximate surface area is 98.8 Å². The molecule has 0 radical (unpaired) electrons. The van der Waals surface area contributed by atoms with Crippen molar-refractivity contribution in [1.29, 1.82) is 0 Å². The molecule has 0 amide bonds. The summed E-state index contributed by atoms with van der Waals surface area (Å²) in [6.07, 6.45) is 1.14. The molecule has 0 bridgehead atoms. The summed E-state index contributed by atoms with van der Waals surface area (Å²) >= 11 is 0. The van der Waals surface area contributed by atoms with Crippen LogP contribution in [0.15, 0.2) is 12.1 Å². The number of nitrogens with zero attached hydrogens (tertiary/aromatic N) is 1. The Morgan fingerprint density at radius 1 is 1.35 bits per heavy atom. The van der Waals surface area contributed by atoms with Gasteiger partial charge in [0.2, 0.25) is 0 Å². The van der Waals surface area contributed by atoms with Gasteiger partial charge in [-0.2, -0.15) is 0 Å². The van der Waals surface area contributed by atoms with Gasteiger partial charge in [-0.05, 0) is 30.9 Å². The number of halogens is 2. The topological polar surface area (TPSA) is 49.5 Å². The molecule has 0 saturated heterocycles. The molecule has 2 rings (SSSR count). The monoisotopic (exact) mass is 242 g/mol. The molecule has 94 valence electrons. The number of rotatable bonds is 3. The highest BCUT2D eigenvalue weighted by atomic mass is 19.1. The molecule has 3 N–H and O–H groups in total. The van der Waals surface area contributed by atoms with Crippen LogP contribution in [0.2, 0.25) is 0 Å². The molecular weight excluding hydrogens is 226 g/mol. The van der Waals surface area contributed by atoms with Gasteiger partial charge < -0.3 is 15.7 Å². The lowest BCUT2D eigenvalue weighted by atomic mass is 9.82. The summed E-state index contributed by atoms with van der Waals surface area (Å²) in [6.45, 7) is 0.537. The highest BCUT2D eigenvalue weighted by Gasteiger charge is 2.29. The first-order valence-corrected chi connectivity index (χ1v) is 5.61. The minimum atomic E-state index is -0.648. The van der Waals surface area contributed by atoms with E-state index in [0.29, 0.717) is 25.3 Å². The first-order valence-electron chi connectivity index (χ1n) is 5.61. The van der Waals surface area contributed by atoms with Crippen molar-refractivity contribution in [2.45, 2.75) is 18.9 Å². The molecule has 0 aliphatic heterocycles. The summed E-state index contributed by atoms with van der Waals surface area (Å²) in [7, 11) is 1.64. The lowest BCUT2D eigenvalue weighted by Gasteiger charge is -2.35. The van der Waals surface area contributed by atoms with Crippen molar-refractivity contribution < 1.29 is 13.9 Å². The number of anilines is 2. The Kier molecular flexibility index (Phi) is 3.19. The van der Waals surface area contributed by atoms with Gasteiger partial charge in [-0.3, -0.25) is 0 Å². The van der Waals surface area contributed by atoms with Crippen molar-refractivity contribution in [3.05, 3.63) is 23.8 Å². The van der Waals surface area contributed by atoms with E-state index in [1.54, 1.807) is 11.9 Å². The first kappa shape index (κ1) is 12.1. The molecule has 0 heterocycles. The molecule has 1 fully saturated rings. The number of hydrogen-bond acceptors (Lipinski definition) is 3. The highest BCUT2D eigenvalue weighted by Crippen LogP contribution is 2.31. The number of aliphatic hydroxyl groups is 1. The largest absolute Gasteiger partial charge is 0.399 e. The van der Waals surface area contributed by atoms with Crippen LogP contribution in [0.1, 0.15) is 12.8 Å². The van der Waals surface area contributed by atoms with E-state index >= 15 is 0 Å². The summed E-state index contributed by atoms with van der Waals surface area (Å²) in [5.41, 5.74) is 5.38. The minimum absolute atomic E-state index is 0.0550. The van der Waals surface area contributed by atoms with Crippen molar-refractivity contribution in [3.63, 3.8) is 0 Å². The van der Waals surface area contributed by atoms with E-state index in [2.05, 4.69) is 0 Å². The quantitative estimate of drug-likeness (QED) is 0.794. The molecule has 1 aliphatic carbocycles. The molecule has 1 saturated carbocycles. The summed E-state index contributed by atoms with van der Waals surface area (Å²) < 4.78 is 27.2. The normalized spacial score (nSPS) is 23.3. The van der Waals surface area contributed by atoms with Crippen molar-refractivity contribution in [1.82, 2.24) is 0 Å². The molecule has 0 spiro atoms. The van der Waals surface area contributed by atoms with Gasteiger partial charge >= 0.3 is 0 Å². The smallest absolute Gasteiger partial charge is 0.151 e. The van der Waals surface area contributed by atoms with Crippen molar-refractivity contribution in [2.24, 2.45) is 5.92 Å². The van der Waals surface area contributed by atoms with Crippen LogP contribution >= 0.6 is 0 Å². The van der Waals surface area contributed by atoms with Gasteiger partial charge in [0.1, 0.15) is 5.69 Å². The molecule has 0 atom stereocenters. The van der Waals surface area contributed by atoms with Crippen LogP contribution in [-0.4, -0.2) is 24.8 Å². The average Bonchev–Trinajstić information content (AvgIpc) is 2.13. The van der Waals surface area contributed by atoms with Crippen molar-refractivity contribution in [3.8, 4) is 0 Å². The van der Waals surface area contributed by atoms with E-state index in [9.17, 15) is 8.78 Å². The fourth-order valence-electron chi connectivity index (χ4n) is 2.28. The van der Waals surface area contributed by atoms with Crippen LogP contribution in [0.3, 0.4) is 0 Å². The maximum absolute atomic E-state index is 13.6. The van der Waals surface area contributed by atoms with Crippen LogP contribution in [0, 0.1) is 17.6 Å². The van der Waals surface area contributed by atoms with E-state index in [1.165, 1.54) is 0 Å². The van der Waals surface area contributed by atoms with E-state index in [4.69, 9.17) is 10.8 Å². The van der Waals surface area contributed by atoms with Crippen molar-refractivity contribution in [2.75, 3.05) is 24.2 Å². The summed E-state index contributed by atoms with van der Waals surface area (Å²) in [5, 5.41) is 9.16. The van der Waals surface area contributed by atoms with Gasteiger partial charge in [0.05, 0.1) is 6.10 Å². The van der Waals surface area contributed by atoms with Gasteiger partial charge in [-0.25, -0.2) is 8.78 Å². The van der Waals surface area contributed by atoms with Gasteiger partial charge in [0.25, 0.3) is 0 Å². The molecule has 0 aromatic heterocycles. The zero-order valence-corrected chi connectivity index (χ0v) is 9.66. The minimum Gasteiger partial charge on any atom is -0.399 e. The number of hydrogen-bond donors (Lipinski definition) is 2. The van der Waals surface area contributed by atoms with Crippen LogP contribution in [0.4, 0.5) is 20.2 Å².